The summed E-state index contributed by atoms with van der Waals surface area (Å²) in [7, 11) is 0. The molecule has 0 aliphatic carbocycles. The van der Waals surface area contributed by atoms with Gasteiger partial charge in [0.05, 0.1) is 6.54 Å². The molecule has 21 heavy (non-hydrogen) atoms. The number of halogens is 2. The van der Waals surface area contributed by atoms with E-state index in [-0.39, 0.29) is 42.0 Å². The van der Waals surface area contributed by atoms with Crippen LogP contribution in [0.15, 0.2) is 24.3 Å². The van der Waals surface area contributed by atoms with Crippen LogP contribution in [0.3, 0.4) is 0 Å². The predicted molar refractivity (Wildman–Crippen MR) is 82.4 cm³/mol. The fourth-order valence-corrected chi connectivity index (χ4v) is 2.28. The molecule has 1 aromatic carbocycles. The average Bonchev–Trinajstić information content (AvgIpc) is 2.92. The molecule has 2 rings (SSSR count). The smallest absolute Gasteiger partial charge is 0.221 e. The van der Waals surface area contributed by atoms with E-state index in [0.717, 1.165) is 19.4 Å². The molecule has 0 spiro atoms. The Morgan fingerprint density at radius 3 is 2.95 bits per heavy atom. The van der Waals surface area contributed by atoms with Gasteiger partial charge in [-0.15, -0.1) is 12.4 Å². The van der Waals surface area contributed by atoms with Gasteiger partial charge in [0, 0.05) is 12.5 Å². The van der Waals surface area contributed by atoms with Crippen LogP contribution >= 0.6 is 12.4 Å². The first-order chi connectivity index (χ1) is 9.65. The normalized spacial score (nSPS) is 18.7. The van der Waals surface area contributed by atoms with Crippen molar-refractivity contribution in [2.24, 2.45) is 0 Å². The highest BCUT2D eigenvalue weighted by atomic mass is 35.5. The molecular formula is C15H22ClFN2O2. The van der Waals surface area contributed by atoms with Crippen molar-refractivity contribution in [3.63, 3.8) is 0 Å². The number of ether oxygens (including phenoxy) is 1. The molecule has 1 fully saturated rings. The number of hydrogen-bond donors (Lipinski definition) is 2. The Bertz CT molecular complexity index is 453. The quantitative estimate of drug-likeness (QED) is 0.846. The Labute approximate surface area is 130 Å². The molecule has 1 saturated heterocycles. The average molecular weight is 317 g/mol. The highest BCUT2D eigenvalue weighted by Gasteiger charge is 2.18. The minimum Gasteiger partial charge on any atom is -0.486 e. The van der Waals surface area contributed by atoms with Crippen LogP contribution in [0.2, 0.25) is 0 Å². The summed E-state index contributed by atoms with van der Waals surface area (Å²) in [4.78, 5) is 11.7. The number of amides is 1. The largest absolute Gasteiger partial charge is 0.486 e. The number of para-hydroxylation sites is 1. The summed E-state index contributed by atoms with van der Waals surface area (Å²) < 4.78 is 18.9. The van der Waals surface area contributed by atoms with E-state index in [1.54, 1.807) is 25.1 Å². The van der Waals surface area contributed by atoms with Crippen LogP contribution in [0.1, 0.15) is 26.2 Å². The van der Waals surface area contributed by atoms with Gasteiger partial charge in [-0.05, 0) is 38.4 Å². The van der Waals surface area contributed by atoms with Crippen LogP contribution in [0.5, 0.6) is 5.75 Å². The number of carbonyl (C=O) groups excluding carboxylic acids is 1. The maximum Gasteiger partial charge on any atom is 0.221 e. The molecule has 1 aliphatic rings. The van der Waals surface area contributed by atoms with Crippen molar-refractivity contribution in [2.45, 2.75) is 38.3 Å². The lowest BCUT2D eigenvalue weighted by molar-refractivity contribution is -0.121. The van der Waals surface area contributed by atoms with Gasteiger partial charge < -0.3 is 15.4 Å². The fraction of sp³-hybridized carbons (Fsp3) is 0.533. The summed E-state index contributed by atoms with van der Waals surface area (Å²) in [5, 5.41) is 6.10. The maximum atomic E-state index is 13.4. The van der Waals surface area contributed by atoms with Crippen LogP contribution < -0.4 is 15.4 Å². The van der Waals surface area contributed by atoms with Gasteiger partial charge in [0.1, 0.15) is 6.10 Å². The predicted octanol–water partition coefficient (Wildman–Crippen LogP) is 2.27. The number of hydrogen-bond acceptors (Lipinski definition) is 3. The molecule has 1 aliphatic heterocycles. The second-order valence-electron chi connectivity index (χ2n) is 5.16. The number of rotatable bonds is 6. The van der Waals surface area contributed by atoms with Crippen molar-refractivity contribution in [3.05, 3.63) is 30.1 Å². The highest BCUT2D eigenvalue weighted by Crippen LogP contribution is 2.16. The van der Waals surface area contributed by atoms with Crippen molar-refractivity contribution < 1.29 is 13.9 Å². The first kappa shape index (κ1) is 17.7. The van der Waals surface area contributed by atoms with E-state index in [1.807, 2.05) is 0 Å². The summed E-state index contributed by atoms with van der Waals surface area (Å²) >= 11 is 0. The van der Waals surface area contributed by atoms with Gasteiger partial charge in [0.25, 0.3) is 0 Å². The maximum absolute atomic E-state index is 13.4. The van der Waals surface area contributed by atoms with E-state index in [9.17, 15) is 9.18 Å². The molecule has 0 radical (unpaired) electrons. The zero-order valence-electron chi connectivity index (χ0n) is 12.1. The molecule has 1 aromatic rings. The summed E-state index contributed by atoms with van der Waals surface area (Å²) in [6.07, 6.45) is 2.40. The molecule has 4 nitrogen and oxygen atoms in total. The van der Waals surface area contributed by atoms with Gasteiger partial charge in [-0.2, -0.15) is 0 Å². The molecule has 0 aromatic heterocycles. The lowest BCUT2D eigenvalue weighted by Crippen LogP contribution is -2.37. The van der Waals surface area contributed by atoms with Crippen LogP contribution in [-0.4, -0.2) is 31.1 Å². The van der Waals surface area contributed by atoms with E-state index >= 15 is 0 Å². The molecular weight excluding hydrogens is 295 g/mol. The van der Waals surface area contributed by atoms with E-state index in [1.165, 1.54) is 6.07 Å². The Hall–Kier alpha value is -1.33. The van der Waals surface area contributed by atoms with Crippen LogP contribution in [0, 0.1) is 5.82 Å². The van der Waals surface area contributed by atoms with E-state index in [2.05, 4.69) is 10.6 Å². The second-order valence-corrected chi connectivity index (χ2v) is 5.16. The molecule has 118 valence electrons. The van der Waals surface area contributed by atoms with E-state index in [0.29, 0.717) is 13.0 Å². The Balaban J connectivity index is 0.00000220. The van der Waals surface area contributed by atoms with Crippen molar-refractivity contribution >= 4 is 18.3 Å². The zero-order chi connectivity index (χ0) is 14.4. The summed E-state index contributed by atoms with van der Waals surface area (Å²) in [6.45, 7) is 3.17. The first-order valence-corrected chi connectivity index (χ1v) is 7.06. The minimum absolute atomic E-state index is 0. The van der Waals surface area contributed by atoms with E-state index < -0.39 is 0 Å². The van der Waals surface area contributed by atoms with Gasteiger partial charge in [-0.3, -0.25) is 4.79 Å². The van der Waals surface area contributed by atoms with Crippen LogP contribution in [0.4, 0.5) is 4.39 Å². The minimum atomic E-state index is -0.388. The summed E-state index contributed by atoms with van der Waals surface area (Å²) in [6, 6.07) is 6.55. The monoisotopic (exact) mass is 316 g/mol. The third-order valence-corrected chi connectivity index (χ3v) is 3.35. The van der Waals surface area contributed by atoms with Crippen LogP contribution in [0.25, 0.3) is 0 Å². The lowest BCUT2D eigenvalue weighted by Gasteiger charge is -2.16. The molecule has 2 N–H and O–H groups in total. The van der Waals surface area contributed by atoms with Gasteiger partial charge in [-0.1, -0.05) is 12.1 Å². The van der Waals surface area contributed by atoms with Gasteiger partial charge in [0.15, 0.2) is 11.6 Å². The second kappa shape index (κ2) is 8.85. The Kier molecular flexibility index (Phi) is 7.47. The Morgan fingerprint density at radius 2 is 2.29 bits per heavy atom. The molecule has 0 bridgehead atoms. The topological polar surface area (TPSA) is 50.4 Å². The molecule has 0 saturated carbocycles. The Morgan fingerprint density at radius 1 is 1.52 bits per heavy atom. The first-order valence-electron chi connectivity index (χ1n) is 7.06. The van der Waals surface area contributed by atoms with Gasteiger partial charge >= 0.3 is 0 Å². The van der Waals surface area contributed by atoms with Gasteiger partial charge in [0.2, 0.25) is 5.91 Å². The molecule has 2 unspecified atom stereocenters. The summed E-state index contributed by atoms with van der Waals surface area (Å²) in [5.41, 5.74) is 0. The molecule has 1 amide bonds. The SMILES string of the molecule is CC(CNC(=O)CC1CCCN1)Oc1ccccc1F.Cl. The number of benzene rings is 1. The van der Waals surface area contributed by atoms with Crippen LogP contribution in [-0.2, 0) is 4.79 Å². The lowest BCUT2D eigenvalue weighted by atomic mass is 10.1. The molecule has 6 heteroatoms. The van der Waals surface area contributed by atoms with Crippen molar-refractivity contribution in [2.75, 3.05) is 13.1 Å². The number of carbonyl (C=O) groups is 1. The number of nitrogens with one attached hydrogen (secondary N) is 2. The standard InChI is InChI=1S/C15H21FN2O2.ClH/c1-11(20-14-7-3-2-6-13(14)16)10-18-15(19)9-12-5-4-8-17-12;/h2-3,6-7,11-12,17H,4-5,8-10H2,1H3,(H,18,19);1H. The highest BCUT2D eigenvalue weighted by molar-refractivity contribution is 5.85. The van der Waals surface area contributed by atoms with Crippen molar-refractivity contribution in [1.29, 1.82) is 0 Å². The fourth-order valence-electron chi connectivity index (χ4n) is 2.28. The third kappa shape index (κ3) is 5.89. The zero-order valence-corrected chi connectivity index (χ0v) is 12.9. The van der Waals surface area contributed by atoms with Crippen molar-refractivity contribution in [1.82, 2.24) is 10.6 Å². The summed E-state index contributed by atoms with van der Waals surface area (Å²) in [5.74, 6) is -0.166. The van der Waals surface area contributed by atoms with Gasteiger partial charge in [-0.25, -0.2) is 4.39 Å². The van der Waals surface area contributed by atoms with E-state index in [4.69, 9.17) is 4.74 Å². The third-order valence-electron chi connectivity index (χ3n) is 3.35. The van der Waals surface area contributed by atoms with Crippen molar-refractivity contribution in [3.8, 4) is 5.75 Å². The molecule has 2 atom stereocenters. The molecule has 1 heterocycles.